The topological polar surface area (TPSA) is 78.0 Å². The van der Waals surface area contributed by atoms with Gasteiger partial charge in [-0.1, -0.05) is 36.4 Å². The molecule has 5 rings (SSSR count). The van der Waals surface area contributed by atoms with E-state index in [1.807, 2.05) is 24.3 Å². The molecule has 32 heavy (non-hydrogen) atoms. The Morgan fingerprint density at radius 2 is 1.56 bits per heavy atom. The molecule has 0 unspecified atom stereocenters. The number of primary sulfonamides is 1. The summed E-state index contributed by atoms with van der Waals surface area (Å²) in [6, 6.07) is 19.0. The number of nitrogens with two attached hydrogens (primary N) is 1. The number of nitrogens with zero attached hydrogens (tertiary/aromatic N) is 2. The molecule has 1 fully saturated rings. The molecule has 2 atom stereocenters. The zero-order chi connectivity index (χ0) is 22.7. The lowest BCUT2D eigenvalue weighted by atomic mass is 10.1. The van der Waals surface area contributed by atoms with Crippen LogP contribution in [0.5, 0.6) is 0 Å². The first-order valence-corrected chi connectivity index (χ1v) is 11.5. The predicted octanol–water partition coefficient (Wildman–Crippen LogP) is 4.96. The lowest BCUT2D eigenvalue weighted by Gasteiger charge is -2.13. The van der Waals surface area contributed by atoms with Crippen LogP contribution in [0, 0.1) is 0 Å². The van der Waals surface area contributed by atoms with Gasteiger partial charge in [-0.25, -0.2) is 18.5 Å². The van der Waals surface area contributed by atoms with Gasteiger partial charge in [0.2, 0.25) is 10.0 Å². The summed E-state index contributed by atoms with van der Waals surface area (Å²) in [6.45, 7) is 0. The van der Waals surface area contributed by atoms with Gasteiger partial charge in [-0.15, -0.1) is 0 Å². The number of hydrogen-bond acceptors (Lipinski definition) is 3. The van der Waals surface area contributed by atoms with Gasteiger partial charge in [0, 0.05) is 5.92 Å². The minimum Gasteiger partial charge on any atom is -0.295 e. The summed E-state index contributed by atoms with van der Waals surface area (Å²) in [5.41, 5.74) is 1.94. The molecule has 2 N–H and O–H groups in total. The number of halogens is 3. The van der Waals surface area contributed by atoms with E-state index in [2.05, 4.69) is 0 Å². The summed E-state index contributed by atoms with van der Waals surface area (Å²) >= 11 is 0. The SMILES string of the molecule is NS(=O)(=O)c1ccccc1-n1c([C@H]2C[C@@H]2c2ccc(C(F)(F)F)cc2)nc2ccccc21. The van der Waals surface area contributed by atoms with E-state index in [1.165, 1.54) is 18.2 Å². The Bertz CT molecular complexity index is 1430. The number of alkyl halides is 3. The van der Waals surface area contributed by atoms with Gasteiger partial charge in [0.05, 0.1) is 22.3 Å². The summed E-state index contributed by atoms with van der Waals surface area (Å²) < 4.78 is 65.0. The van der Waals surface area contributed by atoms with Gasteiger partial charge in [0.15, 0.2) is 0 Å². The Labute approximate surface area is 182 Å². The molecule has 1 heterocycles. The van der Waals surface area contributed by atoms with Crippen molar-refractivity contribution >= 4 is 21.1 Å². The smallest absolute Gasteiger partial charge is 0.295 e. The second kappa shape index (κ2) is 7.18. The number of imidazole rings is 1. The maximum Gasteiger partial charge on any atom is 0.416 e. The predicted molar refractivity (Wildman–Crippen MR) is 114 cm³/mol. The molecule has 0 amide bonds. The zero-order valence-electron chi connectivity index (χ0n) is 16.6. The van der Waals surface area contributed by atoms with E-state index in [1.54, 1.807) is 22.8 Å². The molecular weight excluding hydrogens is 439 g/mol. The fourth-order valence-electron chi connectivity index (χ4n) is 4.20. The Morgan fingerprint density at radius 1 is 0.906 bits per heavy atom. The molecule has 0 saturated heterocycles. The maximum absolute atomic E-state index is 12.9. The molecule has 1 aliphatic rings. The van der Waals surface area contributed by atoms with Crippen molar-refractivity contribution in [2.45, 2.75) is 29.3 Å². The molecular formula is C23H18F3N3O2S. The maximum atomic E-state index is 12.9. The summed E-state index contributed by atoms with van der Waals surface area (Å²) in [5, 5.41) is 5.46. The van der Waals surface area contributed by atoms with Crippen molar-refractivity contribution in [3.8, 4) is 5.69 Å². The van der Waals surface area contributed by atoms with E-state index in [-0.39, 0.29) is 16.7 Å². The Morgan fingerprint density at radius 3 is 2.25 bits per heavy atom. The van der Waals surface area contributed by atoms with Crippen LogP contribution >= 0.6 is 0 Å². The highest BCUT2D eigenvalue weighted by molar-refractivity contribution is 7.89. The van der Waals surface area contributed by atoms with Crippen LogP contribution in [0.3, 0.4) is 0 Å². The Kier molecular flexibility index (Phi) is 4.65. The molecule has 4 aromatic rings. The van der Waals surface area contributed by atoms with Crippen LogP contribution < -0.4 is 5.14 Å². The molecule has 5 nitrogen and oxygen atoms in total. The molecule has 1 aromatic heterocycles. The second-order valence-corrected chi connectivity index (χ2v) is 9.41. The van der Waals surface area contributed by atoms with Gasteiger partial charge >= 0.3 is 6.18 Å². The van der Waals surface area contributed by atoms with Gasteiger partial charge in [-0.05, 0) is 54.3 Å². The minimum atomic E-state index is -4.38. The number of para-hydroxylation sites is 3. The van der Waals surface area contributed by atoms with Crippen LogP contribution in [0.15, 0.2) is 77.7 Å². The molecule has 164 valence electrons. The van der Waals surface area contributed by atoms with Crippen molar-refractivity contribution in [3.63, 3.8) is 0 Å². The van der Waals surface area contributed by atoms with Crippen LogP contribution in [0.2, 0.25) is 0 Å². The minimum absolute atomic E-state index is 0.00510. The van der Waals surface area contributed by atoms with E-state index in [9.17, 15) is 21.6 Å². The van der Waals surface area contributed by atoms with Crippen LogP contribution in [-0.4, -0.2) is 18.0 Å². The molecule has 0 radical (unpaired) electrons. The lowest BCUT2D eigenvalue weighted by molar-refractivity contribution is -0.137. The highest BCUT2D eigenvalue weighted by atomic mass is 32.2. The molecule has 9 heteroatoms. The van der Waals surface area contributed by atoms with Gasteiger partial charge in [0.1, 0.15) is 10.7 Å². The summed E-state index contributed by atoms with van der Waals surface area (Å²) in [7, 11) is -3.99. The van der Waals surface area contributed by atoms with E-state index < -0.39 is 21.8 Å². The number of sulfonamides is 1. The van der Waals surface area contributed by atoms with Crippen molar-refractivity contribution in [2.24, 2.45) is 5.14 Å². The summed E-state index contributed by atoms with van der Waals surface area (Å²) in [6.07, 6.45) is -3.68. The van der Waals surface area contributed by atoms with Gasteiger partial charge in [-0.2, -0.15) is 13.2 Å². The lowest BCUT2D eigenvalue weighted by Crippen LogP contribution is -2.16. The standard InChI is InChI=1S/C23H18F3N3O2S/c24-23(25,26)15-11-9-14(10-12-15)16-13-17(16)22-28-18-5-1-2-6-19(18)29(22)20-7-3-4-8-21(20)32(27,30)31/h1-12,16-17H,13H2,(H2,27,30,31)/t16-,17+/m1/s1. The van der Waals surface area contributed by atoms with Crippen LogP contribution in [0.1, 0.15) is 35.2 Å². The van der Waals surface area contributed by atoms with Gasteiger partial charge in [0.25, 0.3) is 0 Å². The summed E-state index contributed by atoms with van der Waals surface area (Å²) in [5.74, 6) is 0.592. The van der Waals surface area contributed by atoms with Crippen LogP contribution in [-0.2, 0) is 16.2 Å². The fraction of sp³-hybridized carbons (Fsp3) is 0.174. The number of aromatic nitrogens is 2. The van der Waals surface area contributed by atoms with Gasteiger partial charge in [-0.3, -0.25) is 4.57 Å². The fourth-order valence-corrected chi connectivity index (χ4v) is 4.92. The molecule has 3 aromatic carbocycles. The average Bonchev–Trinajstić information content (AvgIpc) is 3.45. The van der Waals surface area contributed by atoms with Crippen molar-refractivity contribution < 1.29 is 21.6 Å². The largest absolute Gasteiger partial charge is 0.416 e. The first-order valence-electron chi connectivity index (χ1n) is 9.91. The monoisotopic (exact) mass is 457 g/mol. The number of fused-ring (bicyclic) bond motifs is 1. The van der Waals surface area contributed by atoms with Gasteiger partial charge < -0.3 is 0 Å². The first kappa shape index (κ1) is 20.7. The third kappa shape index (κ3) is 3.57. The van der Waals surface area contributed by atoms with E-state index in [4.69, 9.17) is 10.1 Å². The van der Waals surface area contributed by atoms with E-state index in [0.29, 0.717) is 23.4 Å². The number of rotatable bonds is 4. The molecule has 0 aliphatic heterocycles. The first-order chi connectivity index (χ1) is 15.1. The zero-order valence-corrected chi connectivity index (χ0v) is 17.4. The second-order valence-electron chi connectivity index (χ2n) is 7.88. The van der Waals surface area contributed by atoms with E-state index in [0.717, 1.165) is 23.2 Å². The highest BCUT2D eigenvalue weighted by Crippen LogP contribution is 2.55. The normalized spacial score (nSPS) is 18.8. The molecule has 1 aliphatic carbocycles. The third-order valence-corrected chi connectivity index (χ3v) is 6.75. The molecule has 0 spiro atoms. The van der Waals surface area contributed by atoms with Crippen LogP contribution in [0.4, 0.5) is 13.2 Å². The summed E-state index contributed by atoms with van der Waals surface area (Å²) in [4.78, 5) is 4.74. The highest BCUT2D eigenvalue weighted by Gasteiger charge is 2.44. The Hall–Kier alpha value is -3.17. The molecule has 0 bridgehead atoms. The Balaban J connectivity index is 1.61. The third-order valence-electron chi connectivity index (χ3n) is 5.79. The van der Waals surface area contributed by atoms with Crippen LogP contribution in [0.25, 0.3) is 16.7 Å². The van der Waals surface area contributed by atoms with Crippen molar-refractivity contribution in [3.05, 3.63) is 89.7 Å². The van der Waals surface area contributed by atoms with Crippen molar-refractivity contribution in [1.82, 2.24) is 9.55 Å². The molecule has 1 saturated carbocycles. The number of hydrogen-bond donors (Lipinski definition) is 1. The van der Waals surface area contributed by atoms with E-state index >= 15 is 0 Å². The van der Waals surface area contributed by atoms with Crippen molar-refractivity contribution in [2.75, 3.05) is 0 Å². The average molecular weight is 457 g/mol. The van der Waals surface area contributed by atoms with Crippen molar-refractivity contribution in [1.29, 1.82) is 0 Å². The quantitative estimate of drug-likeness (QED) is 0.470. The number of benzene rings is 3.